The van der Waals surface area contributed by atoms with E-state index in [-0.39, 0.29) is 6.03 Å². The minimum atomic E-state index is -0.328. The van der Waals surface area contributed by atoms with Gasteiger partial charge in [0.2, 0.25) is 0 Å². The summed E-state index contributed by atoms with van der Waals surface area (Å²) in [5.74, 6) is 1.28. The fraction of sp³-hybridized carbons (Fsp3) is 0.900. The molecule has 1 rings (SSSR count). The number of hydrogen-bond acceptors (Lipinski definition) is 2. The van der Waals surface area contributed by atoms with Gasteiger partial charge in [-0.2, -0.15) is 0 Å². The summed E-state index contributed by atoms with van der Waals surface area (Å²) in [5.41, 5.74) is 5.19. The lowest BCUT2D eigenvalue weighted by Crippen LogP contribution is -2.39. The van der Waals surface area contributed by atoms with Crippen LogP contribution in [0.25, 0.3) is 0 Å². The highest BCUT2D eigenvalue weighted by Gasteiger charge is 2.21. The van der Waals surface area contributed by atoms with E-state index in [1.54, 1.807) is 11.9 Å². The number of primary amides is 1. The Balaban J connectivity index is 2.32. The van der Waals surface area contributed by atoms with Gasteiger partial charge in [0, 0.05) is 13.6 Å². The summed E-state index contributed by atoms with van der Waals surface area (Å²) in [6, 6.07) is -0.328. The standard InChI is InChI=1S/C10H21N3O/c1-8(7-13(2)10(11)14)9-3-5-12-6-4-9/h8-9,12H,3-7H2,1-2H3,(H2,11,14). The van der Waals surface area contributed by atoms with Gasteiger partial charge in [0.25, 0.3) is 0 Å². The molecule has 0 bridgehead atoms. The van der Waals surface area contributed by atoms with Gasteiger partial charge < -0.3 is 16.0 Å². The van der Waals surface area contributed by atoms with E-state index in [0.29, 0.717) is 5.92 Å². The van der Waals surface area contributed by atoms with Crippen molar-refractivity contribution in [1.82, 2.24) is 10.2 Å². The lowest BCUT2D eigenvalue weighted by atomic mass is 9.86. The predicted molar refractivity (Wildman–Crippen MR) is 57.0 cm³/mol. The largest absolute Gasteiger partial charge is 0.351 e. The van der Waals surface area contributed by atoms with E-state index >= 15 is 0 Å². The Morgan fingerprint density at radius 3 is 2.64 bits per heavy atom. The van der Waals surface area contributed by atoms with Crippen LogP contribution >= 0.6 is 0 Å². The molecule has 1 heterocycles. The number of nitrogens with two attached hydrogens (primary N) is 1. The molecule has 1 aliphatic heterocycles. The molecule has 2 amide bonds. The molecule has 4 heteroatoms. The lowest BCUT2D eigenvalue weighted by Gasteiger charge is -2.30. The quantitative estimate of drug-likeness (QED) is 0.700. The van der Waals surface area contributed by atoms with Gasteiger partial charge in [-0.1, -0.05) is 6.92 Å². The van der Waals surface area contributed by atoms with Crippen molar-refractivity contribution in [3.8, 4) is 0 Å². The smallest absolute Gasteiger partial charge is 0.314 e. The van der Waals surface area contributed by atoms with Gasteiger partial charge in [-0.05, 0) is 37.8 Å². The summed E-state index contributed by atoms with van der Waals surface area (Å²) >= 11 is 0. The van der Waals surface area contributed by atoms with Crippen LogP contribution < -0.4 is 11.1 Å². The summed E-state index contributed by atoms with van der Waals surface area (Å²) < 4.78 is 0. The van der Waals surface area contributed by atoms with Crippen molar-refractivity contribution < 1.29 is 4.79 Å². The van der Waals surface area contributed by atoms with E-state index in [2.05, 4.69) is 12.2 Å². The first-order valence-corrected chi connectivity index (χ1v) is 5.32. The van der Waals surface area contributed by atoms with Crippen LogP contribution in [0.4, 0.5) is 4.79 Å². The van der Waals surface area contributed by atoms with Crippen LogP contribution in [0.3, 0.4) is 0 Å². The second kappa shape index (κ2) is 5.20. The van der Waals surface area contributed by atoms with Gasteiger partial charge in [0.15, 0.2) is 0 Å². The zero-order valence-electron chi connectivity index (χ0n) is 9.12. The first-order valence-electron chi connectivity index (χ1n) is 5.32. The van der Waals surface area contributed by atoms with Crippen LogP contribution in [0.1, 0.15) is 19.8 Å². The van der Waals surface area contributed by atoms with Gasteiger partial charge in [0.05, 0.1) is 0 Å². The van der Waals surface area contributed by atoms with Crippen LogP contribution in [-0.2, 0) is 0 Å². The van der Waals surface area contributed by atoms with Gasteiger partial charge in [0.1, 0.15) is 0 Å². The maximum absolute atomic E-state index is 10.9. The van der Waals surface area contributed by atoms with Crippen molar-refractivity contribution in [2.24, 2.45) is 17.6 Å². The van der Waals surface area contributed by atoms with E-state index in [9.17, 15) is 4.79 Å². The Labute approximate surface area is 85.8 Å². The third kappa shape index (κ3) is 3.18. The molecule has 0 saturated carbocycles. The number of urea groups is 1. The molecule has 1 saturated heterocycles. The molecule has 0 aliphatic carbocycles. The molecule has 1 atom stereocenters. The molecular formula is C10H21N3O. The molecule has 82 valence electrons. The van der Waals surface area contributed by atoms with Crippen molar-refractivity contribution in [1.29, 1.82) is 0 Å². The topological polar surface area (TPSA) is 58.4 Å². The summed E-state index contributed by atoms with van der Waals surface area (Å²) in [6.45, 7) is 5.19. The molecule has 1 unspecified atom stereocenters. The van der Waals surface area contributed by atoms with E-state index in [1.165, 1.54) is 12.8 Å². The molecule has 1 aliphatic rings. The van der Waals surface area contributed by atoms with Gasteiger partial charge >= 0.3 is 6.03 Å². The Hall–Kier alpha value is -0.770. The van der Waals surface area contributed by atoms with Crippen LogP contribution in [0.15, 0.2) is 0 Å². The highest BCUT2D eigenvalue weighted by molar-refractivity contribution is 5.71. The maximum Gasteiger partial charge on any atom is 0.314 e. The molecule has 0 aromatic heterocycles. The molecule has 1 fully saturated rings. The van der Waals surface area contributed by atoms with Crippen LogP contribution in [0, 0.1) is 11.8 Å². The van der Waals surface area contributed by atoms with E-state index in [1.807, 2.05) is 0 Å². The second-order valence-corrected chi connectivity index (χ2v) is 4.28. The minimum Gasteiger partial charge on any atom is -0.351 e. The number of carbonyl (C=O) groups excluding carboxylic acids is 1. The second-order valence-electron chi connectivity index (χ2n) is 4.28. The van der Waals surface area contributed by atoms with Gasteiger partial charge in [-0.15, -0.1) is 0 Å². The minimum absolute atomic E-state index is 0.328. The molecule has 0 aromatic carbocycles. The van der Waals surface area contributed by atoms with Crippen LogP contribution in [0.2, 0.25) is 0 Å². The molecule has 3 N–H and O–H groups in total. The normalized spacial score (nSPS) is 20.4. The monoisotopic (exact) mass is 199 g/mol. The maximum atomic E-state index is 10.9. The van der Waals surface area contributed by atoms with E-state index in [4.69, 9.17) is 5.73 Å². The van der Waals surface area contributed by atoms with Crippen molar-refractivity contribution in [3.63, 3.8) is 0 Å². The lowest BCUT2D eigenvalue weighted by molar-refractivity contribution is 0.190. The van der Waals surface area contributed by atoms with Crippen molar-refractivity contribution in [2.75, 3.05) is 26.7 Å². The number of amides is 2. The van der Waals surface area contributed by atoms with Crippen molar-refractivity contribution in [3.05, 3.63) is 0 Å². The van der Waals surface area contributed by atoms with Crippen molar-refractivity contribution in [2.45, 2.75) is 19.8 Å². The Morgan fingerprint density at radius 1 is 1.57 bits per heavy atom. The van der Waals surface area contributed by atoms with Gasteiger partial charge in [-0.25, -0.2) is 4.79 Å². The number of hydrogen-bond donors (Lipinski definition) is 2. The molecule has 0 spiro atoms. The number of carbonyl (C=O) groups is 1. The molecule has 0 radical (unpaired) electrons. The van der Waals surface area contributed by atoms with E-state index in [0.717, 1.165) is 25.6 Å². The van der Waals surface area contributed by atoms with Crippen LogP contribution in [0.5, 0.6) is 0 Å². The summed E-state index contributed by atoms with van der Waals surface area (Å²) in [6.07, 6.45) is 2.43. The van der Waals surface area contributed by atoms with Crippen LogP contribution in [-0.4, -0.2) is 37.6 Å². The predicted octanol–water partition coefficient (Wildman–Crippen LogP) is 0.633. The molecule has 4 nitrogen and oxygen atoms in total. The summed E-state index contributed by atoms with van der Waals surface area (Å²) in [4.78, 5) is 12.5. The molecule has 14 heavy (non-hydrogen) atoms. The average molecular weight is 199 g/mol. The van der Waals surface area contributed by atoms with Crippen molar-refractivity contribution >= 4 is 6.03 Å². The first kappa shape index (κ1) is 11.3. The zero-order chi connectivity index (χ0) is 10.6. The fourth-order valence-corrected chi connectivity index (χ4v) is 2.08. The SMILES string of the molecule is CC(CN(C)C(N)=O)C1CCNCC1. The zero-order valence-corrected chi connectivity index (χ0v) is 9.12. The Morgan fingerprint density at radius 2 is 2.14 bits per heavy atom. The first-order chi connectivity index (χ1) is 6.61. The summed E-state index contributed by atoms with van der Waals surface area (Å²) in [5, 5.41) is 3.34. The third-order valence-corrected chi connectivity index (χ3v) is 3.13. The number of nitrogens with one attached hydrogen (secondary N) is 1. The van der Waals surface area contributed by atoms with E-state index < -0.39 is 0 Å². The summed E-state index contributed by atoms with van der Waals surface area (Å²) in [7, 11) is 1.76. The molecular weight excluding hydrogens is 178 g/mol. The third-order valence-electron chi connectivity index (χ3n) is 3.13. The Bertz CT molecular complexity index is 190. The number of piperidine rings is 1. The molecule has 0 aromatic rings. The highest BCUT2D eigenvalue weighted by atomic mass is 16.2. The van der Waals surface area contributed by atoms with Gasteiger partial charge in [-0.3, -0.25) is 0 Å². The number of nitrogens with zero attached hydrogens (tertiary/aromatic N) is 1. The fourth-order valence-electron chi connectivity index (χ4n) is 2.08. The highest BCUT2D eigenvalue weighted by Crippen LogP contribution is 2.21. The Kier molecular flexibility index (Phi) is 4.20. The average Bonchev–Trinajstić information content (AvgIpc) is 2.19. The number of rotatable bonds is 3.